The SMILES string of the molecule is CC(=O)OC1C(=O)C2C(C)(C)CCCC2(C)C(O)(CCc2ccoc2)C1(C)O. The van der Waals surface area contributed by atoms with Gasteiger partial charge < -0.3 is 19.4 Å². The zero-order chi connectivity index (χ0) is 21.0. The fourth-order valence-corrected chi connectivity index (χ4v) is 6.07. The van der Waals surface area contributed by atoms with Gasteiger partial charge in [-0.25, -0.2) is 0 Å². The lowest BCUT2D eigenvalue weighted by Crippen LogP contribution is -2.78. The molecule has 2 saturated carbocycles. The van der Waals surface area contributed by atoms with Crippen molar-refractivity contribution in [3.8, 4) is 0 Å². The topological polar surface area (TPSA) is 97.0 Å². The van der Waals surface area contributed by atoms with Gasteiger partial charge in [-0.3, -0.25) is 9.59 Å². The number of hydrogen-bond acceptors (Lipinski definition) is 6. The van der Waals surface area contributed by atoms with Crippen LogP contribution in [0.5, 0.6) is 0 Å². The fraction of sp³-hybridized carbons (Fsp3) is 0.727. The summed E-state index contributed by atoms with van der Waals surface area (Å²) in [7, 11) is 0. The molecule has 3 rings (SSSR count). The molecule has 1 heterocycles. The molecule has 0 spiro atoms. The van der Waals surface area contributed by atoms with Gasteiger partial charge in [-0.2, -0.15) is 0 Å². The van der Waals surface area contributed by atoms with E-state index < -0.39 is 34.6 Å². The van der Waals surface area contributed by atoms with Crippen molar-refractivity contribution in [1.29, 1.82) is 0 Å². The van der Waals surface area contributed by atoms with E-state index in [-0.39, 0.29) is 17.6 Å². The third-order valence-corrected chi connectivity index (χ3v) is 7.41. The summed E-state index contributed by atoms with van der Waals surface area (Å²) in [6.45, 7) is 8.59. The number of ether oxygens (including phenoxy) is 1. The Morgan fingerprint density at radius 3 is 2.50 bits per heavy atom. The van der Waals surface area contributed by atoms with E-state index in [1.165, 1.54) is 13.8 Å². The smallest absolute Gasteiger partial charge is 0.303 e. The molecule has 2 fully saturated rings. The lowest BCUT2D eigenvalue weighted by atomic mass is 9.42. The second-order valence-electron chi connectivity index (χ2n) is 9.72. The Hall–Kier alpha value is -1.66. The fourth-order valence-electron chi connectivity index (χ4n) is 6.07. The number of hydrogen-bond donors (Lipinski definition) is 2. The van der Waals surface area contributed by atoms with Crippen LogP contribution in [-0.4, -0.2) is 39.3 Å². The molecule has 5 atom stereocenters. The molecule has 0 radical (unpaired) electrons. The summed E-state index contributed by atoms with van der Waals surface area (Å²) in [6.07, 6.45) is 4.81. The van der Waals surface area contributed by atoms with E-state index in [4.69, 9.17) is 9.15 Å². The highest BCUT2D eigenvalue weighted by Crippen LogP contribution is 2.63. The van der Waals surface area contributed by atoms with Gasteiger partial charge in [-0.1, -0.05) is 27.2 Å². The predicted octanol–water partition coefficient (Wildman–Crippen LogP) is 3.04. The van der Waals surface area contributed by atoms with Gasteiger partial charge in [-0.15, -0.1) is 0 Å². The van der Waals surface area contributed by atoms with Gasteiger partial charge >= 0.3 is 5.97 Å². The Labute approximate surface area is 166 Å². The summed E-state index contributed by atoms with van der Waals surface area (Å²) in [5, 5.41) is 23.6. The molecule has 1 aromatic heterocycles. The van der Waals surface area contributed by atoms with Crippen molar-refractivity contribution < 1.29 is 29.0 Å². The number of aliphatic hydroxyl groups is 2. The molecule has 2 N–H and O–H groups in total. The molecule has 6 heteroatoms. The molecule has 0 bridgehead atoms. The van der Waals surface area contributed by atoms with Gasteiger partial charge in [0, 0.05) is 18.3 Å². The Morgan fingerprint density at radius 1 is 1.25 bits per heavy atom. The zero-order valence-corrected chi connectivity index (χ0v) is 17.4. The third-order valence-electron chi connectivity index (χ3n) is 7.41. The van der Waals surface area contributed by atoms with Crippen molar-refractivity contribution in [3.63, 3.8) is 0 Å². The van der Waals surface area contributed by atoms with E-state index in [0.29, 0.717) is 12.8 Å². The molecule has 6 nitrogen and oxygen atoms in total. The van der Waals surface area contributed by atoms with Gasteiger partial charge in [0.25, 0.3) is 0 Å². The molecule has 156 valence electrons. The minimum absolute atomic E-state index is 0.230. The van der Waals surface area contributed by atoms with Gasteiger partial charge in [0.1, 0.15) is 11.2 Å². The number of aryl methyl sites for hydroxylation is 1. The molecule has 0 aliphatic heterocycles. The number of esters is 1. The van der Waals surface area contributed by atoms with Crippen molar-refractivity contribution in [2.24, 2.45) is 16.7 Å². The molecular weight excluding hydrogens is 360 g/mol. The monoisotopic (exact) mass is 392 g/mol. The van der Waals surface area contributed by atoms with Crippen LogP contribution in [0.4, 0.5) is 0 Å². The van der Waals surface area contributed by atoms with Gasteiger partial charge in [0.2, 0.25) is 0 Å². The summed E-state index contributed by atoms with van der Waals surface area (Å²) in [5.41, 5.74) is -3.83. The maximum atomic E-state index is 13.5. The maximum absolute atomic E-state index is 13.5. The largest absolute Gasteiger partial charge is 0.472 e. The second-order valence-corrected chi connectivity index (χ2v) is 9.72. The van der Waals surface area contributed by atoms with Crippen molar-refractivity contribution in [2.75, 3.05) is 0 Å². The number of carbonyl (C=O) groups is 2. The highest BCUT2D eigenvalue weighted by molar-refractivity contribution is 5.91. The molecular formula is C22H32O6. The molecule has 0 amide bonds. The number of ketones is 1. The van der Waals surface area contributed by atoms with Crippen molar-refractivity contribution in [2.45, 2.75) is 84.0 Å². The average molecular weight is 392 g/mol. The van der Waals surface area contributed by atoms with Crippen LogP contribution >= 0.6 is 0 Å². The first-order chi connectivity index (χ1) is 12.9. The van der Waals surface area contributed by atoms with E-state index in [9.17, 15) is 19.8 Å². The molecule has 2 aliphatic carbocycles. The van der Waals surface area contributed by atoms with Crippen LogP contribution in [-0.2, 0) is 20.7 Å². The van der Waals surface area contributed by atoms with Crippen LogP contribution in [0.1, 0.15) is 65.9 Å². The summed E-state index contributed by atoms with van der Waals surface area (Å²) < 4.78 is 10.4. The number of carbonyl (C=O) groups excluding carboxylic acids is 2. The van der Waals surface area contributed by atoms with E-state index in [0.717, 1.165) is 18.4 Å². The number of Topliss-reactive ketones (excluding diaryl/α,β-unsaturated/α-hetero) is 1. The van der Waals surface area contributed by atoms with Crippen LogP contribution < -0.4 is 0 Å². The number of rotatable bonds is 4. The molecule has 5 unspecified atom stereocenters. The van der Waals surface area contributed by atoms with Crippen LogP contribution in [0, 0.1) is 16.7 Å². The van der Waals surface area contributed by atoms with Gasteiger partial charge in [0.15, 0.2) is 11.9 Å². The van der Waals surface area contributed by atoms with Crippen LogP contribution in [0.2, 0.25) is 0 Å². The molecule has 0 aromatic carbocycles. The van der Waals surface area contributed by atoms with Crippen LogP contribution in [0.15, 0.2) is 23.0 Å². The average Bonchev–Trinajstić information content (AvgIpc) is 3.08. The first kappa shape index (κ1) is 21.1. The summed E-state index contributed by atoms with van der Waals surface area (Å²) in [4.78, 5) is 25.2. The highest BCUT2D eigenvalue weighted by Gasteiger charge is 2.73. The van der Waals surface area contributed by atoms with Gasteiger partial charge in [-0.05, 0) is 49.7 Å². The van der Waals surface area contributed by atoms with Crippen LogP contribution in [0.3, 0.4) is 0 Å². The Bertz CT molecular complexity index is 749. The van der Waals surface area contributed by atoms with Crippen molar-refractivity contribution in [3.05, 3.63) is 24.2 Å². The summed E-state index contributed by atoms with van der Waals surface area (Å²) >= 11 is 0. The quantitative estimate of drug-likeness (QED) is 0.765. The predicted molar refractivity (Wildman–Crippen MR) is 102 cm³/mol. The van der Waals surface area contributed by atoms with Crippen molar-refractivity contribution in [1.82, 2.24) is 0 Å². The molecule has 28 heavy (non-hydrogen) atoms. The minimum Gasteiger partial charge on any atom is -0.472 e. The highest BCUT2D eigenvalue weighted by atomic mass is 16.6. The van der Waals surface area contributed by atoms with E-state index in [1.807, 2.05) is 26.8 Å². The summed E-state index contributed by atoms with van der Waals surface area (Å²) in [6, 6.07) is 1.82. The molecule has 2 aliphatic rings. The Balaban J connectivity index is 2.11. The van der Waals surface area contributed by atoms with E-state index in [1.54, 1.807) is 12.5 Å². The van der Waals surface area contributed by atoms with Gasteiger partial charge in [0.05, 0.1) is 12.5 Å². The van der Waals surface area contributed by atoms with E-state index in [2.05, 4.69) is 0 Å². The lowest BCUT2D eigenvalue weighted by molar-refractivity contribution is -0.289. The molecule has 0 saturated heterocycles. The first-order valence-electron chi connectivity index (χ1n) is 10.0. The zero-order valence-electron chi connectivity index (χ0n) is 17.4. The Morgan fingerprint density at radius 2 is 1.93 bits per heavy atom. The molecule has 1 aromatic rings. The maximum Gasteiger partial charge on any atom is 0.303 e. The van der Waals surface area contributed by atoms with Crippen LogP contribution in [0.25, 0.3) is 0 Å². The second kappa shape index (κ2) is 6.70. The minimum atomic E-state index is -1.90. The lowest BCUT2D eigenvalue weighted by Gasteiger charge is -2.65. The van der Waals surface area contributed by atoms with Crippen molar-refractivity contribution >= 4 is 11.8 Å². The first-order valence-corrected chi connectivity index (χ1v) is 10.0. The Kier molecular flexibility index (Phi) is 5.04. The number of fused-ring (bicyclic) bond motifs is 1. The third kappa shape index (κ3) is 2.92. The number of furan rings is 1. The van der Waals surface area contributed by atoms with E-state index >= 15 is 0 Å². The normalized spacial score (nSPS) is 40.0. The summed E-state index contributed by atoms with van der Waals surface area (Å²) in [5.74, 6) is -1.46. The standard InChI is InChI=1S/C22H32O6/c1-14(23)28-18-16(24)17-19(2,3)9-6-10-20(17,4)22(26,21(18,5)25)11-7-15-8-12-27-13-15/h8,12-13,17-18,25-26H,6-7,9-11H2,1-5H3.